The summed E-state index contributed by atoms with van der Waals surface area (Å²) in [5.74, 6) is -1.20. The molecule has 0 fully saturated rings. The summed E-state index contributed by atoms with van der Waals surface area (Å²) in [6.07, 6.45) is 0.601. The average molecular weight is 333 g/mol. The van der Waals surface area contributed by atoms with Crippen molar-refractivity contribution in [1.29, 1.82) is 0 Å². The van der Waals surface area contributed by atoms with Gasteiger partial charge in [-0.15, -0.1) is 0 Å². The van der Waals surface area contributed by atoms with E-state index in [9.17, 15) is 18.3 Å². The first-order chi connectivity index (χ1) is 10.9. The molecule has 0 bridgehead atoms. The highest BCUT2D eigenvalue weighted by atomic mass is 32.2. The molecule has 2 rings (SSSR count). The van der Waals surface area contributed by atoms with E-state index in [1.807, 2.05) is 6.92 Å². The fourth-order valence-corrected chi connectivity index (χ4v) is 4.05. The molecule has 0 aromatic heterocycles. The summed E-state index contributed by atoms with van der Waals surface area (Å²) in [5, 5.41) is 9.38. The Balaban J connectivity index is 2.67. The Hall–Kier alpha value is -2.34. The van der Waals surface area contributed by atoms with Gasteiger partial charge in [0.15, 0.2) is 0 Å². The highest BCUT2D eigenvalue weighted by Gasteiger charge is 2.34. The predicted octanol–water partition coefficient (Wildman–Crippen LogP) is 2.92. The van der Waals surface area contributed by atoms with Crippen molar-refractivity contribution in [3.63, 3.8) is 0 Å². The van der Waals surface area contributed by atoms with Crippen molar-refractivity contribution >= 4 is 21.7 Å². The third kappa shape index (κ3) is 3.37. The Morgan fingerprint density at radius 2 is 1.65 bits per heavy atom. The second-order valence-corrected chi connectivity index (χ2v) is 6.93. The number of carboxylic acid groups (broad SMARTS) is 1. The van der Waals surface area contributed by atoms with Crippen LogP contribution in [0, 0.1) is 0 Å². The van der Waals surface area contributed by atoms with Gasteiger partial charge in [-0.3, -0.25) is 4.31 Å². The number of aryl methyl sites for hydroxylation is 1. The van der Waals surface area contributed by atoms with Gasteiger partial charge < -0.3 is 5.11 Å². The van der Waals surface area contributed by atoms with Crippen LogP contribution in [0.2, 0.25) is 0 Å². The number of hydrogen-bond donors (Lipinski definition) is 1. The minimum atomic E-state index is -3.98. The number of nitrogens with zero attached hydrogens (tertiary/aromatic N) is 1. The smallest absolute Gasteiger partial charge is 0.327 e. The lowest BCUT2D eigenvalue weighted by molar-refractivity contribution is -0.137. The largest absolute Gasteiger partial charge is 0.480 e. The van der Waals surface area contributed by atoms with Gasteiger partial charge in [-0.05, 0) is 37.1 Å². The van der Waals surface area contributed by atoms with E-state index in [4.69, 9.17) is 0 Å². The lowest BCUT2D eigenvalue weighted by atomic mass is 10.1. The number of anilines is 1. The molecule has 1 unspecified atom stereocenters. The number of carboxylic acids is 1. The van der Waals surface area contributed by atoms with Gasteiger partial charge in [0, 0.05) is 0 Å². The summed E-state index contributed by atoms with van der Waals surface area (Å²) in [5.41, 5.74) is 1.17. The van der Waals surface area contributed by atoms with E-state index in [1.54, 1.807) is 42.5 Å². The minimum absolute atomic E-state index is 0.0685. The van der Waals surface area contributed by atoms with E-state index in [0.29, 0.717) is 12.1 Å². The second-order valence-electron chi connectivity index (χ2n) is 5.11. The number of rotatable bonds is 6. The zero-order valence-corrected chi connectivity index (χ0v) is 13.8. The van der Waals surface area contributed by atoms with Crippen LogP contribution in [0.3, 0.4) is 0 Å². The Bertz CT molecular complexity index is 787. The molecule has 0 radical (unpaired) electrons. The zero-order chi connectivity index (χ0) is 17.0. The quantitative estimate of drug-likeness (QED) is 0.882. The Kier molecular flexibility index (Phi) is 5.05. The monoisotopic (exact) mass is 333 g/mol. The second kappa shape index (κ2) is 6.83. The Labute approximate surface area is 136 Å². The molecular weight excluding hydrogens is 314 g/mol. The van der Waals surface area contributed by atoms with E-state index in [2.05, 4.69) is 0 Å². The van der Waals surface area contributed by atoms with Crippen molar-refractivity contribution < 1.29 is 18.3 Å². The normalized spacial score (nSPS) is 12.6. The van der Waals surface area contributed by atoms with Crippen LogP contribution in [0.5, 0.6) is 0 Å². The molecule has 23 heavy (non-hydrogen) atoms. The maximum atomic E-state index is 13.0. The summed E-state index contributed by atoms with van der Waals surface area (Å²) in [6.45, 7) is 3.27. The number of carbonyl (C=O) groups is 1. The summed E-state index contributed by atoms with van der Waals surface area (Å²) >= 11 is 0. The summed E-state index contributed by atoms with van der Waals surface area (Å²) in [7, 11) is -3.98. The molecule has 0 aliphatic carbocycles. The molecule has 0 spiro atoms. The summed E-state index contributed by atoms with van der Waals surface area (Å²) in [6, 6.07) is 13.6. The lowest BCUT2D eigenvalue weighted by Crippen LogP contribution is -2.43. The predicted molar refractivity (Wildman–Crippen MR) is 89.0 cm³/mol. The standard InChI is InChI=1S/C17H19NO4S/c1-3-14-9-7-8-12-16(14)18(13(2)17(19)20)23(21,22)15-10-5-4-6-11-15/h4-13H,3H2,1-2H3,(H,19,20). The van der Waals surface area contributed by atoms with Crippen molar-refractivity contribution in [2.24, 2.45) is 0 Å². The molecule has 6 heteroatoms. The van der Waals surface area contributed by atoms with Crippen molar-refractivity contribution in [3.05, 3.63) is 60.2 Å². The van der Waals surface area contributed by atoms with E-state index < -0.39 is 22.0 Å². The molecule has 0 heterocycles. The number of sulfonamides is 1. The minimum Gasteiger partial charge on any atom is -0.480 e. The first-order valence-corrected chi connectivity index (χ1v) is 8.73. The van der Waals surface area contributed by atoms with Gasteiger partial charge in [0.2, 0.25) is 0 Å². The van der Waals surface area contributed by atoms with Gasteiger partial charge in [0.05, 0.1) is 10.6 Å². The number of benzene rings is 2. The maximum absolute atomic E-state index is 13.0. The highest BCUT2D eigenvalue weighted by Crippen LogP contribution is 2.29. The van der Waals surface area contributed by atoms with Crippen molar-refractivity contribution in [1.82, 2.24) is 0 Å². The van der Waals surface area contributed by atoms with Crippen LogP contribution in [-0.2, 0) is 21.2 Å². The van der Waals surface area contributed by atoms with Gasteiger partial charge in [-0.25, -0.2) is 13.2 Å². The highest BCUT2D eigenvalue weighted by molar-refractivity contribution is 7.93. The third-order valence-electron chi connectivity index (χ3n) is 3.62. The molecule has 0 aliphatic heterocycles. The molecule has 2 aromatic rings. The van der Waals surface area contributed by atoms with Crippen molar-refractivity contribution in [2.75, 3.05) is 4.31 Å². The SMILES string of the molecule is CCc1ccccc1N(C(C)C(=O)O)S(=O)(=O)c1ccccc1. The van der Waals surface area contributed by atoms with Crippen molar-refractivity contribution in [3.8, 4) is 0 Å². The van der Waals surface area contributed by atoms with Crippen LogP contribution in [0.25, 0.3) is 0 Å². The molecule has 0 saturated carbocycles. The fraction of sp³-hybridized carbons (Fsp3) is 0.235. The Morgan fingerprint density at radius 1 is 1.09 bits per heavy atom. The number of para-hydroxylation sites is 1. The summed E-state index contributed by atoms with van der Waals surface area (Å²) in [4.78, 5) is 11.6. The molecule has 0 amide bonds. The van der Waals surface area contributed by atoms with Crippen molar-refractivity contribution in [2.45, 2.75) is 31.2 Å². The van der Waals surface area contributed by atoms with Crippen LogP contribution in [0.4, 0.5) is 5.69 Å². The van der Waals surface area contributed by atoms with Gasteiger partial charge >= 0.3 is 5.97 Å². The average Bonchev–Trinajstić information content (AvgIpc) is 2.56. The molecule has 122 valence electrons. The number of aliphatic carboxylic acids is 1. The van der Waals surface area contributed by atoms with Gasteiger partial charge in [-0.2, -0.15) is 0 Å². The van der Waals surface area contributed by atoms with Crippen LogP contribution in [0.15, 0.2) is 59.5 Å². The van der Waals surface area contributed by atoms with Crippen LogP contribution in [0.1, 0.15) is 19.4 Å². The van der Waals surface area contributed by atoms with Crippen LogP contribution < -0.4 is 4.31 Å². The fourth-order valence-electron chi connectivity index (χ4n) is 2.38. The molecular formula is C17H19NO4S. The van der Waals surface area contributed by atoms with Gasteiger partial charge in [0.25, 0.3) is 10.0 Å². The lowest BCUT2D eigenvalue weighted by Gasteiger charge is -2.29. The third-order valence-corrected chi connectivity index (χ3v) is 5.52. The molecule has 0 saturated heterocycles. The molecule has 2 aromatic carbocycles. The molecule has 5 nitrogen and oxygen atoms in total. The first-order valence-electron chi connectivity index (χ1n) is 7.29. The van der Waals surface area contributed by atoms with E-state index in [-0.39, 0.29) is 4.90 Å². The van der Waals surface area contributed by atoms with Crippen LogP contribution >= 0.6 is 0 Å². The summed E-state index contributed by atoms with van der Waals surface area (Å²) < 4.78 is 27.0. The Morgan fingerprint density at radius 3 is 2.22 bits per heavy atom. The zero-order valence-electron chi connectivity index (χ0n) is 13.0. The topological polar surface area (TPSA) is 74.7 Å². The molecule has 0 aliphatic rings. The van der Waals surface area contributed by atoms with Crippen LogP contribution in [-0.4, -0.2) is 25.5 Å². The number of hydrogen-bond acceptors (Lipinski definition) is 3. The first kappa shape index (κ1) is 17.0. The van der Waals surface area contributed by atoms with E-state index in [1.165, 1.54) is 19.1 Å². The van der Waals surface area contributed by atoms with E-state index in [0.717, 1.165) is 9.87 Å². The van der Waals surface area contributed by atoms with Gasteiger partial charge in [-0.1, -0.05) is 43.3 Å². The van der Waals surface area contributed by atoms with E-state index >= 15 is 0 Å². The van der Waals surface area contributed by atoms with Gasteiger partial charge in [0.1, 0.15) is 6.04 Å². The molecule has 1 N–H and O–H groups in total. The maximum Gasteiger partial charge on any atom is 0.327 e. The molecule has 1 atom stereocenters.